The van der Waals surface area contributed by atoms with Crippen LogP contribution >= 0.6 is 0 Å². The molecule has 0 unspecified atom stereocenters. The van der Waals surface area contributed by atoms with Gasteiger partial charge in [-0.05, 0) is 68.0 Å². The van der Waals surface area contributed by atoms with E-state index >= 15 is 0 Å². The molecule has 0 aromatic heterocycles. The maximum atomic E-state index is 14.1. The van der Waals surface area contributed by atoms with E-state index in [1.165, 1.54) is 14.0 Å². The first-order valence-corrected chi connectivity index (χ1v) is 18.7. The molecule has 3 heterocycles. The minimum atomic E-state index is -1.97. The standard InChI is InChI=1S/C37H68N2O13/c1-14-25-37(10,45)30(42)20(4)26(38-46)18(2)16-35(8,44)31(52-34-27(40)24(39(11)12)15-19(3)49-34)21(5)28(22(6)32(43)50-25)51-33-23(7)29(41)36(9,47-13)17-48-33/h18-25,27-31,33-34,40-42,44-46H,14-17H2,1-13H3/b38-26+/t18-,19+,20-,21-,22+,23-,24-,25-,27+,28+,29-,30+,31-,33-,34-,35+,36+,37-/m0/s1. The van der Waals surface area contributed by atoms with Crippen LogP contribution in [0.4, 0.5) is 0 Å². The lowest BCUT2D eigenvalue weighted by atomic mass is 9.73. The van der Waals surface area contributed by atoms with Crippen molar-refractivity contribution in [2.45, 2.75) is 167 Å². The number of hydrogen-bond acceptors (Lipinski definition) is 15. The van der Waals surface area contributed by atoms with Crippen LogP contribution in [0.25, 0.3) is 0 Å². The van der Waals surface area contributed by atoms with Crippen LogP contribution in [0.2, 0.25) is 0 Å². The van der Waals surface area contributed by atoms with Crippen molar-refractivity contribution in [1.29, 1.82) is 0 Å². The summed E-state index contributed by atoms with van der Waals surface area (Å²) in [5.74, 6) is -4.90. The van der Waals surface area contributed by atoms with Crippen LogP contribution in [0.3, 0.4) is 0 Å². The molecule has 3 aliphatic rings. The zero-order chi connectivity index (χ0) is 39.7. The molecule has 0 aromatic carbocycles. The molecule has 304 valence electrons. The monoisotopic (exact) mass is 748 g/mol. The van der Waals surface area contributed by atoms with Crippen molar-refractivity contribution >= 4 is 11.7 Å². The molecule has 52 heavy (non-hydrogen) atoms. The first-order chi connectivity index (χ1) is 24.0. The predicted octanol–water partition coefficient (Wildman–Crippen LogP) is 1.90. The van der Waals surface area contributed by atoms with E-state index in [9.17, 15) is 35.5 Å². The molecule has 0 radical (unpaired) electrons. The third kappa shape index (κ3) is 9.30. The lowest BCUT2D eigenvalue weighted by molar-refractivity contribution is -0.319. The Labute approximate surface area is 309 Å². The van der Waals surface area contributed by atoms with Gasteiger partial charge in [0.1, 0.15) is 23.4 Å². The van der Waals surface area contributed by atoms with Gasteiger partial charge in [-0.25, -0.2) is 0 Å². The van der Waals surface area contributed by atoms with Gasteiger partial charge in [0.05, 0.1) is 54.4 Å². The van der Waals surface area contributed by atoms with Crippen LogP contribution in [0.5, 0.6) is 0 Å². The van der Waals surface area contributed by atoms with E-state index in [1.54, 1.807) is 55.4 Å². The fourth-order valence-electron chi connectivity index (χ4n) is 8.53. The summed E-state index contributed by atoms with van der Waals surface area (Å²) in [4.78, 5) is 16.0. The van der Waals surface area contributed by atoms with E-state index in [-0.39, 0.29) is 37.3 Å². The number of esters is 1. The quantitative estimate of drug-likeness (QED) is 0.125. The summed E-state index contributed by atoms with van der Waals surface area (Å²) in [6.07, 6.45) is -9.02. The van der Waals surface area contributed by atoms with Gasteiger partial charge in [-0.2, -0.15) is 0 Å². The number of nitrogens with zero attached hydrogens (tertiary/aromatic N) is 2. The Hall–Kier alpha value is -1.50. The number of methoxy groups -OCH3 is 1. The van der Waals surface area contributed by atoms with Gasteiger partial charge in [0.15, 0.2) is 12.6 Å². The fourth-order valence-corrected chi connectivity index (χ4v) is 8.53. The van der Waals surface area contributed by atoms with Crippen molar-refractivity contribution in [3.63, 3.8) is 0 Å². The van der Waals surface area contributed by atoms with E-state index in [0.29, 0.717) is 6.42 Å². The van der Waals surface area contributed by atoms with Crippen LogP contribution in [0.15, 0.2) is 5.16 Å². The maximum absolute atomic E-state index is 14.1. The smallest absolute Gasteiger partial charge is 0.311 e. The Bertz CT molecular complexity index is 1200. The number of cyclic esters (lactones) is 1. The van der Waals surface area contributed by atoms with Crippen LogP contribution in [-0.4, -0.2) is 153 Å². The van der Waals surface area contributed by atoms with Crippen molar-refractivity contribution in [3.8, 4) is 0 Å². The Kier molecular flexibility index (Phi) is 15.1. The molecule has 0 aromatic rings. The summed E-state index contributed by atoms with van der Waals surface area (Å²) in [7, 11) is 5.18. The van der Waals surface area contributed by atoms with Crippen LogP contribution in [0, 0.1) is 29.6 Å². The predicted molar refractivity (Wildman–Crippen MR) is 190 cm³/mol. The molecule has 0 bridgehead atoms. The highest BCUT2D eigenvalue weighted by Crippen LogP contribution is 2.41. The summed E-state index contributed by atoms with van der Waals surface area (Å²) in [5.41, 5.74) is -4.65. The minimum Gasteiger partial charge on any atom is -0.459 e. The Morgan fingerprint density at radius 2 is 1.54 bits per heavy atom. The normalized spacial score (nSPS) is 49.8. The van der Waals surface area contributed by atoms with Gasteiger partial charge in [-0.1, -0.05) is 39.8 Å². The minimum absolute atomic E-state index is 0.0131. The van der Waals surface area contributed by atoms with Gasteiger partial charge >= 0.3 is 5.97 Å². The number of hydrogen-bond donors (Lipinski definition) is 6. The first kappa shape index (κ1) is 44.9. The number of carbonyl (C=O) groups is 1. The van der Waals surface area contributed by atoms with Crippen LogP contribution in [-0.2, 0) is 33.2 Å². The van der Waals surface area contributed by atoms with E-state index in [4.69, 9.17) is 28.4 Å². The highest BCUT2D eigenvalue weighted by molar-refractivity contribution is 5.88. The molecule has 3 rings (SSSR count). The highest BCUT2D eigenvalue weighted by atomic mass is 16.7. The molecule has 0 spiro atoms. The van der Waals surface area contributed by atoms with Crippen LogP contribution in [0.1, 0.15) is 88.5 Å². The average Bonchev–Trinajstić information content (AvgIpc) is 3.07. The summed E-state index contributed by atoms with van der Waals surface area (Å²) in [6, 6.07) is -0.324. The maximum Gasteiger partial charge on any atom is 0.311 e. The topological polar surface area (TPSA) is 209 Å². The second kappa shape index (κ2) is 17.5. The van der Waals surface area contributed by atoms with E-state index in [2.05, 4.69) is 5.16 Å². The number of rotatable bonds is 7. The number of carbonyl (C=O) groups excluding carboxylic acids is 1. The molecular formula is C37H68N2O13. The molecule has 15 nitrogen and oxygen atoms in total. The molecule has 0 saturated carbocycles. The van der Waals surface area contributed by atoms with Crippen molar-refractivity contribution in [2.24, 2.45) is 34.7 Å². The molecule has 3 saturated heterocycles. The third-order valence-electron chi connectivity index (χ3n) is 12.0. The van der Waals surface area contributed by atoms with Gasteiger partial charge in [0.25, 0.3) is 0 Å². The van der Waals surface area contributed by atoms with Gasteiger partial charge in [0.2, 0.25) is 0 Å². The summed E-state index contributed by atoms with van der Waals surface area (Å²) < 4.78 is 37.1. The second-order valence-corrected chi connectivity index (χ2v) is 16.7. The molecule has 0 amide bonds. The zero-order valence-electron chi connectivity index (χ0n) is 33.4. The average molecular weight is 749 g/mol. The Balaban J connectivity index is 2.20. The van der Waals surface area contributed by atoms with Crippen LogP contribution < -0.4 is 0 Å². The molecule has 3 aliphatic heterocycles. The van der Waals surface area contributed by atoms with Crippen molar-refractivity contribution in [3.05, 3.63) is 0 Å². The lowest BCUT2D eigenvalue weighted by Gasteiger charge is -2.49. The number of aliphatic hydroxyl groups is 5. The fraction of sp³-hybridized carbons (Fsp3) is 0.946. The third-order valence-corrected chi connectivity index (χ3v) is 12.0. The summed E-state index contributed by atoms with van der Waals surface area (Å²) in [6.45, 7) is 16.6. The number of oxime groups is 1. The Morgan fingerprint density at radius 1 is 0.923 bits per heavy atom. The molecule has 3 fully saturated rings. The summed E-state index contributed by atoms with van der Waals surface area (Å²) in [5, 5.41) is 72.1. The molecule has 6 N–H and O–H groups in total. The lowest BCUT2D eigenvalue weighted by Crippen LogP contribution is -2.61. The number of ether oxygens (including phenoxy) is 6. The summed E-state index contributed by atoms with van der Waals surface area (Å²) >= 11 is 0. The van der Waals surface area contributed by atoms with Gasteiger partial charge in [0, 0.05) is 36.8 Å². The van der Waals surface area contributed by atoms with E-state index in [1.807, 2.05) is 25.9 Å². The van der Waals surface area contributed by atoms with Crippen molar-refractivity contribution < 1.29 is 64.0 Å². The molecule has 18 atom stereocenters. The highest BCUT2D eigenvalue weighted by Gasteiger charge is 2.53. The first-order valence-electron chi connectivity index (χ1n) is 18.7. The largest absolute Gasteiger partial charge is 0.459 e. The van der Waals surface area contributed by atoms with Gasteiger partial charge in [-0.3, -0.25) is 4.79 Å². The number of likely N-dealkylation sites (N-methyl/N-ethyl adjacent to an activating group) is 1. The van der Waals surface area contributed by atoms with Crippen molar-refractivity contribution in [2.75, 3.05) is 27.8 Å². The van der Waals surface area contributed by atoms with E-state index in [0.717, 1.165) is 0 Å². The van der Waals surface area contributed by atoms with Crippen molar-refractivity contribution in [1.82, 2.24) is 4.90 Å². The Morgan fingerprint density at radius 3 is 2.08 bits per heavy atom. The second-order valence-electron chi connectivity index (χ2n) is 16.7. The zero-order valence-corrected chi connectivity index (χ0v) is 33.4. The molecule has 15 heteroatoms. The number of aliphatic hydroxyl groups excluding tert-OH is 3. The van der Waals surface area contributed by atoms with Gasteiger partial charge in [-0.15, -0.1) is 0 Å². The SMILES string of the molecule is CC[C@@H]1OC(=O)[C@H](C)[C@H](O[C@@H]2OC[C@@](C)(OC)[C@@H](O)[C@@H]2C)[C@H](C)[C@H](O[C@@H]2O[C@H](C)C[C@H](N(C)C)[C@H]2O)[C@](C)(O)C[C@H](C)/C(=N\O)[C@H](C)[C@@H](O)[C@@]1(C)O. The molecule has 0 aliphatic carbocycles. The van der Waals surface area contributed by atoms with Gasteiger partial charge < -0.3 is 64.1 Å². The van der Waals surface area contributed by atoms with E-state index < -0.39 is 102 Å². The molecular weight excluding hydrogens is 680 g/mol.